The first-order valence-corrected chi connectivity index (χ1v) is 37.2. The average molecular weight is 1310 g/mol. The first-order valence-electron chi connectivity index (χ1n) is 37.2. The predicted octanol–water partition coefficient (Wildman–Crippen LogP) is 16.0. The lowest BCUT2D eigenvalue weighted by atomic mass is 9.80. The SMILES string of the molecule is COCCCCOCCCCOCCCCOCCCCOCCCCOCCCCOCCCCOCCCCOCCCCOCCCCOCCCCOCCCC[n+]1ccc(-c2cc[n+](CCCCCOc3cc(C(C)(C)C)cc(C(C)(C)C)c3)cc2)cc1. The second kappa shape index (κ2) is 60.1. The molecule has 2 aromatic heterocycles. The van der Waals surface area contributed by atoms with E-state index in [1.165, 1.54) is 22.3 Å². The molecule has 0 aliphatic heterocycles. The van der Waals surface area contributed by atoms with Crippen LogP contribution in [0.4, 0.5) is 0 Å². The van der Waals surface area contributed by atoms with Crippen LogP contribution in [0.1, 0.15) is 226 Å². The fraction of sp³-hybridized carbons (Fsp3) is 0.795. The minimum absolute atomic E-state index is 0.0928. The lowest BCUT2D eigenvalue weighted by Crippen LogP contribution is -2.33. The van der Waals surface area contributed by atoms with Crippen LogP contribution in [0.2, 0.25) is 0 Å². The van der Waals surface area contributed by atoms with Gasteiger partial charge in [0.15, 0.2) is 24.8 Å². The van der Waals surface area contributed by atoms with Crippen LogP contribution in [0.5, 0.6) is 5.75 Å². The molecule has 15 heteroatoms. The maximum absolute atomic E-state index is 6.28. The number of rotatable bonds is 68. The van der Waals surface area contributed by atoms with Gasteiger partial charge >= 0.3 is 0 Å². The molecule has 0 N–H and O–H groups in total. The number of nitrogens with zero attached hydrogens (tertiary/aromatic N) is 2. The summed E-state index contributed by atoms with van der Waals surface area (Å²) >= 11 is 0. The van der Waals surface area contributed by atoms with Gasteiger partial charge in [-0.15, -0.1) is 0 Å². The molecule has 0 aliphatic rings. The Morgan fingerprint density at radius 2 is 0.452 bits per heavy atom. The second-order valence-corrected chi connectivity index (χ2v) is 27.0. The molecule has 0 radical (unpaired) electrons. The quantitative estimate of drug-likeness (QED) is 0.0393. The molecule has 0 bridgehead atoms. The van der Waals surface area contributed by atoms with Crippen molar-refractivity contribution in [2.24, 2.45) is 0 Å². The molecule has 2 heterocycles. The predicted molar refractivity (Wildman–Crippen MR) is 377 cm³/mol. The summed E-state index contributed by atoms with van der Waals surface area (Å²) in [6.07, 6.45) is 37.4. The number of aromatic nitrogens is 2. The highest BCUT2D eigenvalue weighted by atomic mass is 16.5. The fourth-order valence-corrected chi connectivity index (χ4v) is 10.1. The molecule has 0 aliphatic carbocycles. The van der Waals surface area contributed by atoms with Crippen molar-refractivity contribution in [1.29, 1.82) is 0 Å². The van der Waals surface area contributed by atoms with Crippen molar-refractivity contribution in [3.05, 3.63) is 78.4 Å². The number of benzene rings is 1. The van der Waals surface area contributed by atoms with Crippen LogP contribution in [0.25, 0.3) is 11.1 Å². The van der Waals surface area contributed by atoms with Gasteiger partial charge < -0.3 is 61.6 Å². The highest BCUT2D eigenvalue weighted by Crippen LogP contribution is 2.33. The van der Waals surface area contributed by atoms with E-state index in [2.05, 4.69) is 118 Å². The lowest BCUT2D eigenvalue weighted by Gasteiger charge is -2.26. The number of hydrogen-bond donors (Lipinski definition) is 0. The molecule has 93 heavy (non-hydrogen) atoms. The van der Waals surface area contributed by atoms with Crippen LogP contribution in [0, 0.1) is 0 Å². The molecular formula is C78H138N2O13+2. The Labute approximate surface area is 568 Å². The summed E-state index contributed by atoms with van der Waals surface area (Å²) in [5.41, 5.74) is 5.35. The molecule has 3 aromatic rings. The van der Waals surface area contributed by atoms with Crippen LogP contribution in [0.3, 0.4) is 0 Å². The van der Waals surface area contributed by atoms with E-state index in [9.17, 15) is 0 Å². The summed E-state index contributed by atoms with van der Waals surface area (Å²) in [7, 11) is 1.74. The summed E-state index contributed by atoms with van der Waals surface area (Å²) in [6, 6.07) is 15.7. The van der Waals surface area contributed by atoms with E-state index in [1.807, 2.05) is 0 Å². The van der Waals surface area contributed by atoms with Gasteiger partial charge in [-0.25, -0.2) is 9.13 Å². The Morgan fingerprint density at radius 1 is 0.247 bits per heavy atom. The van der Waals surface area contributed by atoms with E-state index in [0.29, 0.717) is 0 Å². The zero-order valence-corrected chi connectivity index (χ0v) is 60.5. The Hall–Kier alpha value is -3.16. The average Bonchev–Trinajstić information content (AvgIpc) is 1.14. The topological polar surface area (TPSA) is 128 Å². The van der Waals surface area contributed by atoms with Gasteiger partial charge in [-0.05, 0) is 206 Å². The Bertz CT molecular complexity index is 2040. The molecule has 0 saturated carbocycles. The normalized spacial score (nSPS) is 12.0. The van der Waals surface area contributed by atoms with E-state index >= 15 is 0 Å². The molecule has 536 valence electrons. The molecule has 15 nitrogen and oxygen atoms in total. The van der Waals surface area contributed by atoms with Crippen molar-refractivity contribution in [3.8, 4) is 16.9 Å². The number of hydrogen-bond acceptors (Lipinski definition) is 13. The van der Waals surface area contributed by atoms with Gasteiger partial charge in [-0.2, -0.15) is 0 Å². The molecule has 0 spiro atoms. The van der Waals surface area contributed by atoms with Crippen LogP contribution >= 0.6 is 0 Å². The first-order chi connectivity index (χ1) is 45.6. The summed E-state index contributed by atoms with van der Waals surface area (Å²) in [5, 5.41) is 0. The molecular weight excluding hydrogens is 1170 g/mol. The standard InChI is InChI=1S/C78H138N2O13/c1-77(2,3)74-69-75(78(4,5)6)71-76(70-74)93-68-11-8-9-39-79-41-35-72(36-42-79)73-37-43-80(44-38-73)40-10-12-46-82-48-15-16-50-84-52-19-20-54-86-56-23-24-58-88-60-27-28-62-90-64-31-32-66-92-67-34-33-65-91-63-30-29-61-89-59-26-25-57-87-55-22-21-53-85-51-18-17-49-83-47-14-13-45-81-7/h35-38,41-44,69-71H,8-34,39-40,45-68H2,1-7H3/q+2. The summed E-state index contributed by atoms with van der Waals surface area (Å²) < 4.78 is 79.6. The van der Waals surface area contributed by atoms with Gasteiger partial charge in [0.05, 0.1) is 6.61 Å². The molecule has 3 rings (SSSR count). The molecule has 1 aromatic carbocycles. The van der Waals surface area contributed by atoms with Crippen molar-refractivity contribution in [2.75, 3.05) is 166 Å². The zero-order chi connectivity index (χ0) is 66.5. The van der Waals surface area contributed by atoms with Crippen LogP contribution in [0.15, 0.2) is 67.3 Å². The minimum Gasteiger partial charge on any atom is -0.494 e. The highest BCUT2D eigenvalue weighted by Gasteiger charge is 2.21. The van der Waals surface area contributed by atoms with Crippen LogP contribution < -0.4 is 13.9 Å². The summed E-state index contributed by atoms with van der Waals surface area (Å²) in [5.74, 6) is 0.999. The molecule has 0 saturated heterocycles. The molecule has 0 atom stereocenters. The van der Waals surface area contributed by atoms with E-state index in [4.69, 9.17) is 61.6 Å². The zero-order valence-electron chi connectivity index (χ0n) is 60.5. The van der Waals surface area contributed by atoms with E-state index in [0.717, 1.165) is 351 Å². The van der Waals surface area contributed by atoms with Gasteiger partial charge in [-0.1, -0.05) is 47.6 Å². The second-order valence-electron chi connectivity index (χ2n) is 27.0. The van der Waals surface area contributed by atoms with Gasteiger partial charge in [0.25, 0.3) is 0 Å². The Balaban J connectivity index is 0.925. The Morgan fingerprint density at radius 3 is 0.677 bits per heavy atom. The van der Waals surface area contributed by atoms with Gasteiger partial charge in [-0.3, -0.25) is 0 Å². The number of unbranched alkanes of at least 4 members (excludes halogenated alkanes) is 14. The lowest BCUT2D eigenvalue weighted by molar-refractivity contribution is -0.697. The number of ether oxygens (including phenoxy) is 13. The van der Waals surface area contributed by atoms with E-state index < -0.39 is 0 Å². The monoisotopic (exact) mass is 1310 g/mol. The first kappa shape index (κ1) is 84.1. The molecule has 0 amide bonds. The fourth-order valence-electron chi connectivity index (χ4n) is 10.1. The number of aryl methyl sites for hydroxylation is 2. The van der Waals surface area contributed by atoms with Gasteiger partial charge in [0.2, 0.25) is 0 Å². The summed E-state index contributed by atoms with van der Waals surface area (Å²) in [6.45, 7) is 35.0. The van der Waals surface area contributed by atoms with Crippen molar-refractivity contribution < 1.29 is 70.7 Å². The van der Waals surface area contributed by atoms with Gasteiger partial charge in [0.1, 0.15) is 18.8 Å². The minimum atomic E-state index is 0.0928. The number of methoxy groups -OCH3 is 1. The third-order valence-corrected chi connectivity index (χ3v) is 16.2. The van der Waals surface area contributed by atoms with Crippen molar-refractivity contribution in [2.45, 2.75) is 239 Å². The molecule has 0 fully saturated rings. The smallest absolute Gasteiger partial charge is 0.169 e. The third-order valence-electron chi connectivity index (χ3n) is 16.2. The highest BCUT2D eigenvalue weighted by molar-refractivity contribution is 5.61. The van der Waals surface area contributed by atoms with Crippen molar-refractivity contribution >= 4 is 0 Å². The van der Waals surface area contributed by atoms with Crippen molar-refractivity contribution in [3.63, 3.8) is 0 Å². The van der Waals surface area contributed by atoms with Crippen LogP contribution in [-0.2, 0) is 80.8 Å². The van der Waals surface area contributed by atoms with Gasteiger partial charge in [0, 0.05) is 196 Å². The maximum Gasteiger partial charge on any atom is 0.169 e. The summed E-state index contributed by atoms with van der Waals surface area (Å²) in [4.78, 5) is 0. The largest absolute Gasteiger partial charge is 0.494 e. The van der Waals surface area contributed by atoms with E-state index in [1.54, 1.807) is 7.11 Å². The van der Waals surface area contributed by atoms with E-state index in [-0.39, 0.29) is 10.8 Å². The number of pyridine rings is 2. The third kappa shape index (κ3) is 50.8. The Kier molecular flexibility index (Phi) is 54.3. The van der Waals surface area contributed by atoms with Crippen molar-refractivity contribution in [1.82, 2.24) is 0 Å². The van der Waals surface area contributed by atoms with Crippen LogP contribution in [-0.4, -0.2) is 166 Å². The maximum atomic E-state index is 6.28. The molecule has 0 unspecified atom stereocenters.